The van der Waals surface area contributed by atoms with E-state index >= 15 is 0 Å². The van der Waals surface area contributed by atoms with Crippen molar-refractivity contribution >= 4 is 10.0 Å². The molecule has 0 aromatic heterocycles. The number of quaternary nitrogens is 1. The van der Waals surface area contributed by atoms with Crippen LogP contribution in [0, 0.1) is 0 Å². The lowest BCUT2D eigenvalue weighted by Crippen LogP contribution is -3.00. The van der Waals surface area contributed by atoms with Crippen LogP contribution in [0.1, 0.15) is 6.42 Å². The van der Waals surface area contributed by atoms with Crippen molar-refractivity contribution in [2.24, 2.45) is 0 Å². The first-order chi connectivity index (χ1) is 15.6. The van der Waals surface area contributed by atoms with Crippen LogP contribution in [0.5, 0.6) is 0 Å². The highest BCUT2D eigenvalue weighted by molar-refractivity contribution is 7.90. The fraction of sp³-hybridized carbons (Fsp3) is 1.00. The summed E-state index contributed by atoms with van der Waals surface area (Å²) in [6.07, 6.45) is -8.77. The Morgan fingerprint density at radius 3 is 1.16 bits per heavy atom. The topological polar surface area (TPSA) is 37.4 Å². The molecule has 4 nitrogen and oxygen atoms in total. The molecule has 0 rings (SSSR count). The summed E-state index contributed by atoms with van der Waals surface area (Å²) in [6, 6.07) is 0. The van der Waals surface area contributed by atoms with Gasteiger partial charge >= 0.3 is 57.0 Å². The molecule has 0 atom stereocenters. The number of sulfonamides is 1. The van der Waals surface area contributed by atoms with Crippen molar-refractivity contribution in [3.8, 4) is 0 Å². The lowest BCUT2D eigenvalue weighted by Gasteiger charge is -2.42. The second kappa shape index (κ2) is 10.4. The number of halogens is 19. The number of rotatable bonds is 12. The molecule has 0 bridgehead atoms. The van der Waals surface area contributed by atoms with Gasteiger partial charge in [-0.25, -0.2) is 8.42 Å². The average molecular weight is 653 g/mol. The lowest BCUT2D eigenvalue weighted by molar-refractivity contribution is -0.870. The van der Waals surface area contributed by atoms with E-state index in [0.717, 1.165) is 0 Å². The first-order valence-corrected chi connectivity index (χ1v) is 10.3. The van der Waals surface area contributed by atoms with Gasteiger partial charge in [-0.3, -0.25) is 0 Å². The van der Waals surface area contributed by atoms with Crippen LogP contribution in [0.25, 0.3) is 0 Å². The quantitative estimate of drug-likeness (QED) is 0.185. The highest BCUT2D eigenvalue weighted by atomic mass is 35.5. The van der Waals surface area contributed by atoms with Crippen LogP contribution in [0.4, 0.5) is 79.1 Å². The average Bonchev–Trinajstić information content (AvgIpc) is 2.64. The molecule has 38 heavy (non-hydrogen) atoms. The summed E-state index contributed by atoms with van der Waals surface area (Å²) in [5.74, 6) is -52.3. The Balaban J connectivity index is 0. The molecule has 0 saturated heterocycles. The van der Waals surface area contributed by atoms with Crippen LogP contribution < -0.4 is 12.4 Å². The first-order valence-electron chi connectivity index (χ1n) is 8.83. The van der Waals surface area contributed by atoms with Crippen molar-refractivity contribution in [2.45, 2.75) is 53.4 Å². The van der Waals surface area contributed by atoms with Crippen molar-refractivity contribution in [3.63, 3.8) is 0 Å². The molecule has 0 aliphatic rings. The van der Waals surface area contributed by atoms with E-state index < -0.39 is 74.5 Å². The Morgan fingerprint density at radius 2 is 0.868 bits per heavy atom. The predicted octanol–water partition coefficient (Wildman–Crippen LogP) is 2.57. The van der Waals surface area contributed by atoms with E-state index in [1.165, 1.54) is 21.1 Å². The van der Waals surface area contributed by atoms with E-state index in [1.54, 1.807) is 0 Å². The van der Waals surface area contributed by atoms with E-state index in [0.29, 0.717) is 0 Å². The van der Waals surface area contributed by atoms with E-state index in [1.807, 2.05) is 0 Å². The smallest absolute Gasteiger partial charge is 0.460 e. The van der Waals surface area contributed by atoms with Crippen molar-refractivity contribution < 1.29 is 104 Å². The molecule has 232 valence electrons. The molecule has 0 saturated carbocycles. The summed E-state index contributed by atoms with van der Waals surface area (Å²) in [4.78, 5) is 0. The molecule has 0 spiro atoms. The standard InChI is InChI=1S/C14H15F18N2O2S.ClH/c1-34(2,3)6-4-5-33(32)37(35,36)14(30,31)12(25,26)10(21,22)8(17,18)7(15,16)9(19,20)11(23,24)13(27,28)29;/h4-6H2,1-3H3;1H/q+1;/p-1. The summed E-state index contributed by atoms with van der Waals surface area (Å²) in [6.45, 7) is -2.21. The third-order valence-corrected chi connectivity index (χ3v) is 6.05. The van der Waals surface area contributed by atoms with Crippen LogP contribution in [0.3, 0.4) is 0 Å². The fourth-order valence-electron chi connectivity index (χ4n) is 2.23. The van der Waals surface area contributed by atoms with Gasteiger partial charge in [-0.15, -0.1) is 4.48 Å². The number of alkyl halides is 17. The van der Waals surface area contributed by atoms with Gasteiger partial charge in [-0.05, 0) is 4.53 Å². The molecule has 0 amide bonds. The second-order valence-corrected chi connectivity index (χ2v) is 10.2. The SMILES string of the molecule is C[N+](C)(C)CCCN(F)S(=O)(=O)C(F)(F)C(F)(F)C(F)(F)C(F)(F)C(F)(F)C(F)(F)C(F)(F)C(F)(F)F.[Cl-]. The van der Waals surface area contributed by atoms with Crippen LogP contribution in [-0.4, -0.2) is 98.6 Å². The van der Waals surface area contributed by atoms with Crippen LogP contribution in [0.2, 0.25) is 0 Å². The highest BCUT2D eigenvalue weighted by Gasteiger charge is 2.96. The zero-order chi connectivity index (χ0) is 30.7. The molecule has 0 aliphatic heterocycles. The Bertz CT molecular complexity index is 928. The highest BCUT2D eigenvalue weighted by Crippen LogP contribution is 2.64. The summed E-state index contributed by atoms with van der Waals surface area (Å²) in [5.41, 5.74) is 0. The molecule has 0 heterocycles. The minimum absolute atomic E-state index is 0. The fourth-order valence-corrected chi connectivity index (χ4v) is 3.30. The molecule has 0 aliphatic carbocycles. The van der Waals surface area contributed by atoms with Gasteiger partial charge in [0.1, 0.15) is 0 Å². The molecule has 0 unspecified atom stereocenters. The summed E-state index contributed by atoms with van der Waals surface area (Å²) < 4.78 is 258. The summed E-state index contributed by atoms with van der Waals surface area (Å²) in [7, 11) is -3.93. The van der Waals surface area contributed by atoms with Gasteiger partial charge in [0.2, 0.25) is 0 Å². The largest absolute Gasteiger partial charge is 1.00 e. The van der Waals surface area contributed by atoms with Gasteiger partial charge in [0.25, 0.3) is 0 Å². The second-order valence-electron chi connectivity index (χ2n) is 8.34. The van der Waals surface area contributed by atoms with Crippen LogP contribution >= 0.6 is 0 Å². The van der Waals surface area contributed by atoms with E-state index in [-0.39, 0.29) is 23.4 Å². The summed E-state index contributed by atoms with van der Waals surface area (Å²) in [5, 5.41) is -7.89. The lowest BCUT2D eigenvalue weighted by atomic mass is 9.91. The zero-order valence-electron chi connectivity index (χ0n) is 18.4. The Kier molecular flexibility index (Phi) is 10.7. The Morgan fingerprint density at radius 1 is 0.579 bits per heavy atom. The van der Waals surface area contributed by atoms with Crippen molar-refractivity contribution in [2.75, 3.05) is 34.2 Å². The molecule has 0 radical (unpaired) electrons. The normalized spacial score (nSPS) is 16.1. The molecule has 0 N–H and O–H groups in total. The van der Waals surface area contributed by atoms with Gasteiger partial charge < -0.3 is 16.9 Å². The molecular formula is C14H15ClF18N2O2S. The number of nitrogens with zero attached hydrogens (tertiary/aromatic N) is 2. The summed E-state index contributed by atoms with van der Waals surface area (Å²) >= 11 is 0. The Hall–Kier alpha value is -1.10. The zero-order valence-corrected chi connectivity index (χ0v) is 20.0. The van der Waals surface area contributed by atoms with E-state index in [4.69, 9.17) is 0 Å². The molecule has 0 aromatic carbocycles. The maximum absolute atomic E-state index is 13.8. The van der Waals surface area contributed by atoms with Gasteiger partial charge in [-0.2, -0.15) is 74.6 Å². The van der Waals surface area contributed by atoms with E-state index in [9.17, 15) is 87.5 Å². The minimum Gasteiger partial charge on any atom is -1.00 e. The molecular weight excluding hydrogens is 638 g/mol. The minimum atomic E-state index is -8.95. The number of hydrogen-bond donors (Lipinski definition) is 0. The van der Waals surface area contributed by atoms with Gasteiger partial charge in [0.05, 0.1) is 34.2 Å². The van der Waals surface area contributed by atoms with Crippen molar-refractivity contribution in [1.82, 2.24) is 4.53 Å². The Labute approximate surface area is 207 Å². The maximum atomic E-state index is 13.8. The van der Waals surface area contributed by atoms with Crippen LogP contribution in [-0.2, 0) is 10.0 Å². The van der Waals surface area contributed by atoms with Crippen LogP contribution in [0.15, 0.2) is 0 Å². The predicted molar refractivity (Wildman–Crippen MR) is 84.9 cm³/mol. The third kappa shape index (κ3) is 5.70. The molecule has 0 fully saturated rings. The molecule has 24 heteroatoms. The molecule has 0 aromatic rings. The third-order valence-electron chi connectivity index (χ3n) is 4.44. The van der Waals surface area contributed by atoms with Gasteiger partial charge in [0.15, 0.2) is 0 Å². The van der Waals surface area contributed by atoms with Crippen molar-refractivity contribution in [1.29, 1.82) is 0 Å². The van der Waals surface area contributed by atoms with Crippen molar-refractivity contribution in [3.05, 3.63) is 0 Å². The monoisotopic (exact) mass is 652 g/mol. The maximum Gasteiger partial charge on any atom is 0.460 e. The first kappa shape index (κ1) is 39.0. The van der Waals surface area contributed by atoms with Gasteiger partial charge in [0, 0.05) is 6.42 Å². The van der Waals surface area contributed by atoms with E-state index in [2.05, 4.69) is 0 Å². The number of hydrogen-bond acceptors (Lipinski definition) is 2. The van der Waals surface area contributed by atoms with Gasteiger partial charge in [-0.1, -0.05) is 0 Å².